The van der Waals surface area contributed by atoms with Crippen LogP contribution >= 0.6 is 33.6 Å². The Morgan fingerprint density at radius 1 is 0.983 bits per heavy atom. The predicted molar refractivity (Wildman–Crippen MR) is 227 cm³/mol. The van der Waals surface area contributed by atoms with Gasteiger partial charge in [0.1, 0.15) is 16.8 Å². The van der Waals surface area contributed by atoms with Crippen molar-refractivity contribution >= 4 is 70.1 Å². The van der Waals surface area contributed by atoms with Crippen LogP contribution in [0, 0.1) is 0 Å². The number of amides is 3. The van der Waals surface area contributed by atoms with Crippen molar-refractivity contribution in [3.8, 4) is 0 Å². The number of unbranched alkanes of at least 4 members (excludes halogenated alkanes) is 1. The van der Waals surface area contributed by atoms with Crippen LogP contribution in [0.5, 0.6) is 0 Å². The summed E-state index contributed by atoms with van der Waals surface area (Å²) < 4.78 is 41.5. The van der Waals surface area contributed by atoms with Crippen LogP contribution in [0.1, 0.15) is 88.6 Å². The minimum absolute atomic E-state index is 0.0223. The molecule has 0 aliphatic carbocycles. The maximum atomic E-state index is 17.0. The highest BCUT2D eigenvalue weighted by Gasteiger charge is 2.54. The third kappa shape index (κ3) is 14.2. The number of aryl methyl sites for hydroxylation is 2. The van der Waals surface area contributed by atoms with Crippen molar-refractivity contribution in [1.82, 2.24) is 25.4 Å². The van der Waals surface area contributed by atoms with E-state index in [0.29, 0.717) is 79.9 Å². The summed E-state index contributed by atoms with van der Waals surface area (Å²) in [5.41, 5.74) is 3.77. The number of aromatic nitrogens is 2. The van der Waals surface area contributed by atoms with Crippen LogP contribution < -0.4 is 21.2 Å². The quantitative estimate of drug-likeness (QED) is 0.0208. The molecule has 1 unspecified atom stereocenters. The predicted octanol–water partition coefficient (Wildman–Crippen LogP) is 5.23. The minimum atomic E-state index is -4.26. The third-order valence-corrected chi connectivity index (χ3v) is 12.6. The van der Waals surface area contributed by atoms with E-state index in [-0.39, 0.29) is 31.0 Å². The fourth-order valence-corrected chi connectivity index (χ4v) is 9.29. The molecule has 4 rings (SSSR count). The van der Waals surface area contributed by atoms with E-state index >= 15 is 8.63 Å². The molecule has 0 saturated carbocycles. The van der Waals surface area contributed by atoms with Gasteiger partial charge < -0.3 is 43.3 Å². The van der Waals surface area contributed by atoms with Crippen molar-refractivity contribution in [3.05, 3.63) is 64.8 Å². The van der Waals surface area contributed by atoms with E-state index in [1.807, 2.05) is 37.3 Å². The molecule has 0 saturated heterocycles. The fourth-order valence-electron chi connectivity index (χ4n) is 7.04. The molecule has 2 aliphatic heterocycles. The van der Waals surface area contributed by atoms with E-state index in [1.165, 1.54) is 4.48 Å². The zero-order chi connectivity index (χ0) is 42.1. The van der Waals surface area contributed by atoms with Gasteiger partial charge in [-0.15, -0.1) is 0 Å². The Bertz CT molecular complexity index is 1790. The maximum Gasteiger partial charge on any atom is 0.737 e. The van der Waals surface area contributed by atoms with Crippen LogP contribution in [0.3, 0.4) is 0 Å². The SMILES string of the molecule is CCCC1=CC(CCC(=O)NC(CSOO[O-])C(=O)NCCCCC(=O)NCCSSc2ccccn2)=[N+]2C1=Cc1c(CCC)cc(CCC[N+](C)(C)C)n1[B-]2(F)F. The highest BCUT2D eigenvalue weighted by atomic mass is 33.1. The van der Waals surface area contributed by atoms with E-state index < -0.39 is 24.8 Å². The highest BCUT2D eigenvalue weighted by molar-refractivity contribution is 8.76. The molecule has 1 atom stereocenters. The molecular weight excluding hydrogens is 807 g/mol. The minimum Gasteiger partial charge on any atom is -0.691 e. The summed E-state index contributed by atoms with van der Waals surface area (Å²) in [4.78, 5) is 42.9. The molecule has 320 valence electrons. The molecule has 4 heterocycles. The molecule has 0 aromatic carbocycles. The van der Waals surface area contributed by atoms with Crippen LogP contribution in [0.4, 0.5) is 8.63 Å². The Morgan fingerprint density at radius 2 is 1.78 bits per heavy atom. The second kappa shape index (κ2) is 23.6. The first-order chi connectivity index (χ1) is 27.8. The summed E-state index contributed by atoms with van der Waals surface area (Å²) >= 11 is 0.559. The monoisotopic (exact) mass is 865 g/mol. The molecule has 0 radical (unpaired) electrons. The van der Waals surface area contributed by atoms with Crippen LogP contribution in [0.15, 0.2) is 52.8 Å². The average Bonchev–Trinajstić information content (AvgIpc) is 3.71. The van der Waals surface area contributed by atoms with Crippen molar-refractivity contribution in [2.75, 3.05) is 52.3 Å². The molecule has 2 aromatic heterocycles. The van der Waals surface area contributed by atoms with Gasteiger partial charge >= 0.3 is 6.97 Å². The Hall–Kier alpha value is -3.20. The van der Waals surface area contributed by atoms with Gasteiger partial charge in [-0.05, 0) is 72.4 Å². The molecule has 13 nitrogen and oxygen atoms in total. The molecule has 2 aliphatic rings. The zero-order valence-corrected chi connectivity index (χ0v) is 36.7. The second-order valence-electron chi connectivity index (χ2n) is 15.4. The number of hydrogen-bond acceptors (Lipinski definition) is 10. The van der Waals surface area contributed by atoms with Crippen LogP contribution in [0.2, 0.25) is 0 Å². The number of pyridine rings is 1. The lowest BCUT2D eigenvalue weighted by molar-refractivity contribution is -0.870. The lowest BCUT2D eigenvalue weighted by Crippen LogP contribution is -2.51. The molecule has 58 heavy (non-hydrogen) atoms. The molecule has 2 aromatic rings. The van der Waals surface area contributed by atoms with Gasteiger partial charge in [-0.1, -0.05) is 43.5 Å². The maximum absolute atomic E-state index is 17.0. The van der Waals surface area contributed by atoms with E-state index in [0.717, 1.165) is 56.7 Å². The topological polar surface area (TPSA) is 150 Å². The summed E-state index contributed by atoms with van der Waals surface area (Å²) in [5, 5.41) is 23.1. The average molecular weight is 866 g/mol. The smallest absolute Gasteiger partial charge is 0.691 e. The molecule has 0 spiro atoms. The molecule has 3 N–H and O–H groups in total. The van der Waals surface area contributed by atoms with E-state index in [1.54, 1.807) is 33.9 Å². The van der Waals surface area contributed by atoms with Crippen molar-refractivity contribution in [2.45, 2.75) is 95.5 Å². The second-order valence-corrected chi connectivity index (χ2v) is 18.5. The van der Waals surface area contributed by atoms with Gasteiger partial charge in [0.15, 0.2) is 5.70 Å². The third-order valence-electron chi connectivity index (χ3n) is 9.66. The molecule has 19 heteroatoms. The first kappa shape index (κ1) is 47.5. The number of carbonyl (C=O) groups excluding carboxylic acids is 3. The Morgan fingerprint density at radius 3 is 2.48 bits per heavy atom. The summed E-state index contributed by atoms with van der Waals surface area (Å²) in [5.74, 6) is -0.531. The van der Waals surface area contributed by atoms with Crippen LogP contribution in [0.25, 0.3) is 6.08 Å². The highest BCUT2D eigenvalue weighted by Crippen LogP contribution is 2.39. The number of carbonyl (C=O) groups is 3. The summed E-state index contributed by atoms with van der Waals surface area (Å²) in [6.07, 6.45) is 10.9. The standard InChI is InChI=1S/C39H58BF2N7O6S3/c1-6-13-29-25-31(15-12-23-49(3,4)5)47-34(29)27-35-30(14-7-2)26-32(48(35)40(47,41)42)18-19-37(51)46-33(28-56-55-54-53)39(52)45-21-10-8-16-36(50)43-22-24-57-58-38-17-9-11-20-44-38/h9,11,17,20,25-27,33H,6-8,10,12-16,18-19,21-24,28H2,1-5H3,(H3-,43,45,46,50,51,52,53). The van der Waals surface area contributed by atoms with Crippen molar-refractivity contribution < 1.29 is 46.6 Å². The van der Waals surface area contributed by atoms with Gasteiger partial charge in [0.25, 0.3) is 0 Å². The molecular formula is C39H58BF2N7O6S3. The fraction of sp³-hybridized carbons (Fsp3) is 0.564. The first-order valence-corrected chi connectivity index (χ1v) is 23.3. The molecule has 0 bridgehead atoms. The first-order valence-electron chi connectivity index (χ1n) is 20.0. The Balaban J connectivity index is 1.34. The van der Waals surface area contributed by atoms with Gasteiger partial charge in [0.2, 0.25) is 17.7 Å². The van der Waals surface area contributed by atoms with E-state index in [4.69, 9.17) is 0 Å². The lowest BCUT2D eigenvalue weighted by Gasteiger charge is -2.32. The molecule has 0 fully saturated rings. The number of nitrogens with zero attached hydrogens (tertiary/aromatic N) is 4. The summed E-state index contributed by atoms with van der Waals surface area (Å²) in [7, 11) is 9.42. The number of rotatable bonds is 27. The van der Waals surface area contributed by atoms with Gasteiger partial charge in [-0.3, -0.25) is 19.4 Å². The van der Waals surface area contributed by atoms with Gasteiger partial charge in [0, 0.05) is 86.2 Å². The zero-order valence-electron chi connectivity index (χ0n) is 34.2. The van der Waals surface area contributed by atoms with Crippen LogP contribution in [-0.4, -0.2) is 107 Å². The number of quaternary nitrogens is 1. The summed E-state index contributed by atoms with van der Waals surface area (Å²) in [6.45, 7) is 1.42. The van der Waals surface area contributed by atoms with Gasteiger partial charge in [-0.25, -0.2) is 4.98 Å². The van der Waals surface area contributed by atoms with Crippen molar-refractivity contribution in [2.24, 2.45) is 0 Å². The van der Waals surface area contributed by atoms with Gasteiger partial charge in [0.05, 0.1) is 33.4 Å². The number of fused-ring (bicyclic) bond motifs is 2. The lowest BCUT2D eigenvalue weighted by atomic mass is 9.88. The number of halogens is 2. The van der Waals surface area contributed by atoms with E-state index in [2.05, 4.69) is 58.4 Å². The Labute approximate surface area is 353 Å². The Kier molecular flexibility index (Phi) is 19.3. The van der Waals surface area contributed by atoms with Gasteiger partial charge in [-0.2, -0.15) is 4.33 Å². The number of nitrogens with one attached hydrogen (secondary N) is 3. The van der Waals surface area contributed by atoms with Crippen molar-refractivity contribution in [3.63, 3.8) is 0 Å². The number of allylic oxidation sites excluding steroid dienone is 2. The van der Waals surface area contributed by atoms with E-state index in [9.17, 15) is 19.6 Å². The largest absolute Gasteiger partial charge is 0.737 e. The van der Waals surface area contributed by atoms with Crippen molar-refractivity contribution in [1.29, 1.82) is 0 Å². The van der Waals surface area contributed by atoms with Crippen LogP contribution in [-0.2, 0) is 36.6 Å². The number of hydrogen-bond donors (Lipinski definition) is 3. The normalized spacial score (nSPS) is 15.0. The summed E-state index contributed by atoms with van der Waals surface area (Å²) in [6, 6.07) is 6.56. The molecule has 3 amide bonds.